The first-order valence-electron chi connectivity index (χ1n) is 8.59. The molecule has 2 aromatic carbocycles. The van der Waals surface area contributed by atoms with Crippen molar-refractivity contribution >= 4 is 33.2 Å². The average molecular weight is 413 g/mol. The van der Waals surface area contributed by atoms with Crippen LogP contribution < -0.4 is 9.62 Å². The van der Waals surface area contributed by atoms with E-state index in [4.69, 9.17) is 11.6 Å². The van der Waals surface area contributed by atoms with Gasteiger partial charge >= 0.3 is 0 Å². The second-order valence-electron chi connectivity index (χ2n) is 6.05. The number of carbonyl (C=O) groups is 1. The molecule has 5 nitrogen and oxygen atoms in total. The predicted octanol–water partition coefficient (Wildman–Crippen LogP) is 4.22. The van der Waals surface area contributed by atoms with Crippen LogP contribution in [-0.2, 0) is 10.0 Å². The zero-order chi connectivity index (χ0) is 20.0. The van der Waals surface area contributed by atoms with E-state index in [-0.39, 0.29) is 15.5 Å². The first-order chi connectivity index (χ1) is 12.8. The third-order valence-corrected chi connectivity index (χ3v) is 6.21. The van der Waals surface area contributed by atoms with Crippen LogP contribution in [0.4, 0.5) is 10.1 Å². The van der Waals surface area contributed by atoms with E-state index < -0.39 is 21.7 Å². The molecule has 1 amide bonds. The van der Waals surface area contributed by atoms with Gasteiger partial charge in [0.2, 0.25) is 0 Å². The number of nitrogens with zero attached hydrogens (tertiary/aromatic N) is 1. The smallest absolute Gasteiger partial charge is 0.264 e. The van der Waals surface area contributed by atoms with Crippen LogP contribution >= 0.6 is 11.6 Å². The van der Waals surface area contributed by atoms with Crippen molar-refractivity contribution in [3.8, 4) is 0 Å². The second kappa shape index (κ2) is 9.19. The number of benzene rings is 2. The van der Waals surface area contributed by atoms with Crippen LogP contribution in [0.25, 0.3) is 0 Å². The van der Waals surface area contributed by atoms with Crippen molar-refractivity contribution in [3.63, 3.8) is 0 Å². The summed E-state index contributed by atoms with van der Waals surface area (Å²) in [5.74, 6) is -0.879. The first-order valence-corrected chi connectivity index (χ1v) is 10.4. The molecule has 146 valence electrons. The molecule has 2 aromatic rings. The lowest BCUT2D eigenvalue weighted by Gasteiger charge is -2.20. The van der Waals surface area contributed by atoms with E-state index in [0.717, 1.165) is 23.6 Å². The molecule has 0 fully saturated rings. The molecule has 27 heavy (non-hydrogen) atoms. The van der Waals surface area contributed by atoms with Crippen molar-refractivity contribution < 1.29 is 17.6 Å². The minimum atomic E-state index is -3.93. The standard InChI is InChI=1S/C19H22ClFN2O3S/c1-3-4-5-12-22-19(24)17-13-16(10-11-18(17)20)27(25,26)23(2)15-8-6-14(21)7-9-15/h6-11,13H,3-5,12H2,1-2H3,(H,22,24). The maximum Gasteiger partial charge on any atom is 0.264 e. The number of amides is 1. The quantitative estimate of drug-likeness (QED) is 0.660. The molecule has 0 spiro atoms. The summed E-state index contributed by atoms with van der Waals surface area (Å²) in [6.45, 7) is 2.56. The van der Waals surface area contributed by atoms with Gasteiger partial charge in [-0.25, -0.2) is 12.8 Å². The van der Waals surface area contributed by atoms with E-state index in [1.807, 2.05) is 0 Å². The van der Waals surface area contributed by atoms with Crippen molar-refractivity contribution in [2.75, 3.05) is 17.9 Å². The van der Waals surface area contributed by atoms with Crippen LogP contribution in [0.15, 0.2) is 47.4 Å². The Labute approximate surface area is 164 Å². The second-order valence-corrected chi connectivity index (χ2v) is 8.43. The molecule has 0 aliphatic rings. The van der Waals surface area contributed by atoms with E-state index in [1.165, 1.54) is 49.5 Å². The lowest BCUT2D eigenvalue weighted by atomic mass is 10.2. The number of halogens is 2. The highest BCUT2D eigenvalue weighted by molar-refractivity contribution is 7.92. The lowest BCUT2D eigenvalue weighted by Crippen LogP contribution is -2.28. The van der Waals surface area contributed by atoms with E-state index in [1.54, 1.807) is 0 Å². The molecule has 0 aliphatic carbocycles. The van der Waals surface area contributed by atoms with Crippen LogP contribution in [0.3, 0.4) is 0 Å². The van der Waals surface area contributed by atoms with Crippen LogP contribution in [0.5, 0.6) is 0 Å². The molecule has 0 bridgehead atoms. The molecule has 0 saturated carbocycles. The van der Waals surface area contributed by atoms with E-state index >= 15 is 0 Å². The number of carbonyl (C=O) groups excluding carboxylic acids is 1. The third kappa shape index (κ3) is 5.20. The molecular weight excluding hydrogens is 391 g/mol. The fourth-order valence-corrected chi connectivity index (χ4v) is 3.88. The maximum absolute atomic E-state index is 13.1. The van der Waals surface area contributed by atoms with Gasteiger partial charge in [0.1, 0.15) is 5.82 Å². The summed E-state index contributed by atoms with van der Waals surface area (Å²) in [5, 5.41) is 2.92. The summed E-state index contributed by atoms with van der Waals surface area (Å²) in [7, 11) is -2.57. The first kappa shape index (κ1) is 21.2. The van der Waals surface area contributed by atoms with Gasteiger partial charge in [0.05, 0.1) is 21.2 Å². The lowest BCUT2D eigenvalue weighted by molar-refractivity contribution is 0.0953. The van der Waals surface area contributed by atoms with Gasteiger partial charge in [-0.1, -0.05) is 31.4 Å². The average Bonchev–Trinajstić information content (AvgIpc) is 2.65. The summed E-state index contributed by atoms with van der Waals surface area (Å²) in [4.78, 5) is 12.3. The topological polar surface area (TPSA) is 66.5 Å². The molecule has 1 N–H and O–H groups in total. The van der Waals surface area contributed by atoms with Gasteiger partial charge in [0, 0.05) is 13.6 Å². The van der Waals surface area contributed by atoms with E-state index in [2.05, 4.69) is 12.2 Å². The summed E-state index contributed by atoms with van der Waals surface area (Å²) < 4.78 is 39.8. The Balaban J connectivity index is 2.27. The highest BCUT2D eigenvalue weighted by Gasteiger charge is 2.23. The number of nitrogens with one attached hydrogen (secondary N) is 1. The largest absolute Gasteiger partial charge is 0.352 e. The van der Waals surface area contributed by atoms with Crippen molar-refractivity contribution in [1.29, 1.82) is 0 Å². The molecule has 0 radical (unpaired) electrons. The van der Waals surface area contributed by atoms with Gasteiger partial charge in [-0.3, -0.25) is 9.10 Å². The SMILES string of the molecule is CCCCCNC(=O)c1cc(S(=O)(=O)N(C)c2ccc(F)cc2)ccc1Cl. The Bertz CT molecular complexity index is 902. The van der Waals surface area contributed by atoms with Crippen LogP contribution in [0.1, 0.15) is 36.5 Å². The molecule has 0 heterocycles. The fourth-order valence-electron chi connectivity index (χ4n) is 2.46. The molecular formula is C19H22ClFN2O3S. The Morgan fingerprint density at radius 2 is 1.81 bits per heavy atom. The number of anilines is 1. The zero-order valence-electron chi connectivity index (χ0n) is 15.2. The van der Waals surface area contributed by atoms with Gasteiger partial charge in [-0.05, 0) is 48.9 Å². The predicted molar refractivity (Wildman–Crippen MR) is 105 cm³/mol. The molecule has 0 atom stereocenters. The van der Waals surface area contributed by atoms with Gasteiger partial charge in [-0.2, -0.15) is 0 Å². The molecule has 0 saturated heterocycles. The highest BCUT2D eigenvalue weighted by atomic mass is 35.5. The van der Waals surface area contributed by atoms with Gasteiger partial charge in [0.15, 0.2) is 0 Å². The maximum atomic E-state index is 13.1. The van der Waals surface area contributed by atoms with Crippen molar-refractivity contribution in [1.82, 2.24) is 5.32 Å². The Morgan fingerprint density at radius 1 is 1.15 bits per heavy atom. The van der Waals surface area contributed by atoms with Crippen LogP contribution in [0.2, 0.25) is 5.02 Å². The van der Waals surface area contributed by atoms with Gasteiger partial charge in [0.25, 0.3) is 15.9 Å². The van der Waals surface area contributed by atoms with E-state index in [9.17, 15) is 17.6 Å². The summed E-state index contributed by atoms with van der Waals surface area (Å²) >= 11 is 6.08. The van der Waals surface area contributed by atoms with Crippen LogP contribution in [0, 0.1) is 5.82 Å². The summed E-state index contributed by atoms with van der Waals surface area (Å²) in [6.07, 6.45) is 2.86. The Morgan fingerprint density at radius 3 is 2.44 bits per heavy atom. The molecule has 0 unspecified atom stereocenters. The summed E-state index contributed by atoms with van der Waals surface area (Å²) in [5.41, 5.74) is 0.402. The number of hydrogen-bond acceptors (Lipinski definition) is 3. The van der Waals surface area contributed by atoms with Gasteiger partial charge in [-0.15, -0.1) is 0 Å². The number of unbranched alkanes of at least 4 members (excludes halogenated alkanes) is 2. The number of rotatable bonds is 8. The monoisotopic (exact) mass is 412 g/mol. The molecule has 8 heteroatoms. The van der Waals surface area contributed by atoms with Crippen molar-refractivity contribution in [2.45, 2.75) is 31.1 Å². The van der Waals surface area contributed by atoms with Crippen molar-refractivity contribution in [2.24, 2.45) is 0 Å². The molecule has 0 aromatic heterocycles. The van der Waals surface area contributed by atoms with Gasteiger partial charge < -0.3 is 5.32 Å². The Hall–Kier alpha value is -2.12. The molecule has 0 aliphatic heterocycles. The minimum absolute atomic E-state index is 0.0718. The minimum Gasteiger partial charge on any atom is -0.352 e. The zero-order valence-corrected chi connectivity index (χ0v) is 16.8. The highest BCUT2D eigenvalue weighted by Crippen LogP contribution is 2.26. The fraction of sp³-hybridized carbons (Fsp3) is 0.316. The van der Waals surface area contributed by atoms with Crippen molar-refractivity contribution in [3.05, 3.63) is 58.9 Å². The summed E-state index contributed by atoms with van der Waals surface area (Å²) in [6, 6.07) is 9.07. The number of sulfonamides is 1. The Kier molecular flexibility index (Phi) is 7.21. The molecule has 2 rings (SSSR count). The van der Waals surface area contributed by atoms with Crippen LogP contribution in [-0.4, -0.2) is 27.9 Å². The number of hydrogen-bond donors (Lipinski definition) is 1. The normalized spacial score (nSPS) is 11.3. The van der Waals surface area contributed by atoms with E-state index in [0.29, 0.717) is 12.2 Å². The third-order valence-electron chi connectivity index (χ3n) is 4.10.